The first-order valence-corrected chi connectivity index (χ1v) is 5.97. The summed E-state index contributed by atoms with van der Waals surface area (Å²) in [6, 6.07) is 8.56. The van der Waals surface area contributed by atoms with Crippen molar-refractivity contribution < 1.29 is 15.0 Å². The highest BCUT2D eigenvalue weighted by molar-refractivity contribution is 5.92. The third-order valence-electron chi connectivity index (χ3n) is 3.00. The fourth-order valence-corrected chi connectivity index (χ4v) is 2.01. The van der Waals surface area contributed by atoms with Crippen LogP contribution in [0.2, 0.25) is 0 Å². The normalized spacial score (nSPS) is 23.0. The van der Waals surface area contributed by atoms with Crippen LogP contribution in [0.1, 0.15) is 5.56 Å². The van der Waals surface area contributed by atoms with Crippen LogP contribution in [-0.4, -0.2) is 52.9 Å². The third-order valence-corrected chi connectivity index (χ3v) is 3.00. The number of hydrogen-bond donors (Lipinski definition) is 3. The van der Waals surface area contributed by atoms with Crippen LogP contribution in [0.3, 0.4) is 0 Å². The lowest BCUT2D eigenvalue weighted by Gasteiger charge is -2.14. The first-order valence-electron chi connectivity index (χ1n) is 5.97. The van der Waals surface area contributed by atoms with Crippen LogP contribution in [0, 0.1) is 11.3 Å². The molecule has 1 aliphatic heterocycles. The molecule has 1 aliphatic rings. The molecule has 3 N–H and O–H groups in total. The minimum Gasteiger partial charge on any atom is -0.389 e. The Kier molecular flexibility index (Phi) is 4.12. The summed E-state index contributed by atoms with van der Waals surface area (Å²) in [7, 11) is 0. The van der Waals surface area contributed by atoms with Crippen molar-refractivity contribution in [2.75, 3.05) is 25.0 Å². The Hall–Kier alpha value is -1.94. The highest BCUT2D eigenvalue weighted by atomic mass is 16.3. The van der Waals surface area contributed by atoms with Gasteiger partial charge in [-0.25, -0.2) is 0 Å². The number of nitrogens with one attached hydrogen (secondary N) is 1. The summed E-state index contributed by atoms with van der Waals surface area (Å²) >= 11 is 0. The zero-order valence-corrected chi connectivity index (χ0v) is 10.3. The largest absolute Gasteiger partial charge is 0.389 e. The van der Waals surface area contributed by atoms with Gasteiger partial charge in [0.2, 0.25) is 5.91 Å². The molecule has 1 saturated heterocycles. The van der Waals surface area contributed by atoms with Gasteiger partial charge in [-0.3, -0.25) is 9.69 Å². The Morgan fingerprint density at radius 1 is 1.32 bits per heavy atom. The fourth-order valence-electron chi connectivity index (χ4n) is 2.01. The van der Waals surface area contributed by atoms with Gasteiger partial charge in [0.15, 0.2) is 0 Å². The summed E-state index contributed by atoms with van der Waals surface area (Å²) in [6.07, 6.45) is -1.58. The molecule has 6 heteroatoms. The summed E-state index contributed by atoms with van der Waals surface area (Å²) in [5.41, 5.74) is 1.15. The van der Waals surface area contributed by atoms with E-state index in [1.165, 1.54) is 0 Å². The standard InChI is InChI=1S/C13H15N3O3/c14-5-9-1-3-10(4-2-9)15-13(19)8-16-6-11(17)12(18)7-16/h1-4,11-12,17-18H,6-8H2,(H,15,19). The number of anilines is 1. The zero-order chi connectivity index (χ0) is 13.8. The number of likely N-dealkylation sites (tertiary alicyclic amines) is 1. The first kappa shape index (κ1) is 13.5. The Bertz CT molecular complexity index is 485. The number of hydrogen-bond acceptors (Lipinski definition) is 5. The van der Waals surface area contributed by atoms with Gasteiger partial charge in [0.1, 0.15) is 0 Å². The number of aliphatic hydroxyl groups excluding tert-OH is 2. The molecule has 6 nitrogen and oxygen atoms in total. The molecule has 0 bridgehead atoms. The van der Waals surface area contributed by atoms with E-state index < -0.39 is 12.2 Å². The molecule has 1 aromatic rings. The zero-order valence-electron chi connectivity index (χ0n) is 10.3. The highest BCUT2D eigenvalue weighted by Gasteiger charge is 2.30. The van der Waals surface area contributed by atoms with E-state index in [9.17, 15) is 15.0 Å². The van der Waals surface area contributed by atoms with Crippen LogP contribution in [0.5, 0.6) is 0 Å². The van der Waals surface area contributed by atoms with Gasteiger partial charge in [-0.15, -0.1) is 0 Å². The lowest BCUT2D eigenvalue weighted by atomic mass is 10.2. The van der Waals surface area contributed by atoms with Crippen molar-refractivity contribution in [3.63, 3.8) is 0 Å². The van der Waals surface area contributed by atoms with Gasteiger partial charge in [-0.2, -0.15) is 5.26 Å². The maximum absolute atomic E-state index is 11.8. The number of nitriles is 1. The van der Waals surface area contributed by atoms with E-state index in [-0.39, 0.29) is 12.5 Å². The molecular weight excluding hydrogens is 246 g/mol. The molecule has 1 amide bonds. The molecule has 2 unspecified atom stereocenters. The number of amides is 1. The topological polar surface area (TPSA) is 96.6 Å². The van der Waals surface area contributed by atoms with Crippen molar-refractivity contribution in [3.05, 3.63) is 29.8 Å². The third kappa shape index (κ3) is 3.51. The van der Waals surface area contributed by atoms with E-state index in [2.05, 4.69) is 5.32 Å². The van der Waals surface area contributed by atoms with Crippen LogP contribution >= 0.6 is 0 Å². The molecule has 0 spiro atoms. The molecule has 0 aliphatic carbocycles. The number of β-amino-alcohol motifs (C(OH)–C–C–N with tert-alkyl or cyclic N) is 2. The lowest BCUT2D eigenvalue weighted by molar-refractivity contribution is -0.117. The van der Waals surface area contributed by atoms with E-state index >= 15 is 0 Å². The van der Waals surface area contributed by atoms with Crippen molar-refractivity contribution >= 4 is 11.6 Å². The average molecular weight is 261 g/mol. The number of nitrogens with zero attached hydrogens (tertiary/aromatic N) is 2. The predicted molar refractivity (Wildman–Crippen MR) is 68.2 cm³/mol. The Morgan fingerprint density at radius 3 is 2.42 bits per heavy atom. The summed E-state index contributed by atoms with van der Waals surface area (Å²) in [6.45, 7) is 0.706. The monoisotopic (exact) mass is 261 g/mol. The summed E-state index contributed by atoms with van der Waals surface area (Å²) in [5.74, 6) is -0.217. The van der Waals surface area contributed by atoms with E-state index in [1.54, 1.807) is 29.2 Å². The van der Waals surface area contributed by atoms with Crippen LogP contribution < -0.4 is 5.32 Å². The van der Waals surface area contributed by atoms with Gasteiger partial charge >= 0.3 is 0 Å². The molecule has 0 aromatic heterocycles. The first-order chi connectivity index (χ1) is 9.08. The second kappa shape index (κ2) is 5.80. The van der Waals surface area contributed by atoms with Crippen molar-refractivity contribution in [2.45, 2.75) is 12.2 Å². The van der Waals surface area contributed by atoms with Crippen LogP contribution in [0.4, 0.5) is 5.69 Å². The van der Waals surface area contributed by atoms with E-state index in [4.69, 9.17) is 5.26 Å². The second-order valence-electron chi connectivity index (χ2n) is 4.57. The Labute approximate surface area is 110 Å². The van der Waals surface area contributed by atoms with Crippen molar-refractivity contribution in [1.29, 1.82) is 5.26 Å². The molecule has 19 heavy (non-hydrogen) atoms. The van der Waals surface area contributed by atoms with Gasteiger partial charge in [0.25, 0.3) is 0 Å². The van der Waals surface area contributed by atoms with Crippen molar-refractivity contribution in [3.8, 4) is 6.07 Å². The quantitative estimate of drug-likeness (QED) is 0.684. The van der Waals surface area contributed by atoms with E-state index in [1.807, 2.05) is 6.07 Å². The molecule has 2 atom stereocenters. The average Bonchev–Trinajstić information content (AvgIpc) is 2.69. The van der Waals surface area contributed by atoms with Gasteiger partial charge in [0, 0.05) is 18.8 Å². The fraction of sp³-hybridized carbons (Fsp3) is 0.385. The summed E-state index contributed by atoms with van der Waals surface area (Å²) in [5, 5.41) is 30.1. The number of carbonyl (C=O) groups is 1. The number of aliphatic hydroxyl groups is 2. The second-order valence-corrected chi connectivity index (χ2v) is 4.57. The van der Waals surface area contributed by atoms with E-state index in [0.29, 0.717) is 24.3 Å². The van der Waals surface area contributed by atoms with Crippen molar-refractivity contribution in [1.82, 2.24) is 4.90 Å². The smallest absolute Gasteiger partial charge is 0.238 e. The lowest BCUT2D eigenvalue weighted by Crippen LogP contribution is -2.32. The minimum atomic E-state index is -0.789. The predicted octanol–water partition coefficient (Wildman–Crippen LogP) is -0.466. The molecule has 1 heterocycles. The Balaban J connectivity index is 1.86. The van der Waals surface area contributed by atoms with Gasteiger partial charge in [-0.05, 0) is 24.3 Å². The van der Waals surface area contributed by atoms with Crippen LogP contribution in [-0.2, 0) is 4.79 Å². The molecular formula is C13H15N3O3. The van der Waals surface area contributed by atoms with Crippen LogP contribution in [0.25, 0.3) is 0 Å². The van der Waals surface area contributed by atoms with Gasteiger partial charge < -0.3 is 15.5 Å². The highest BCUT2D eigenvalue weighted by Crippen LogP contribution is 2.11. The SMILES string of the molecule is N#Cc1ccc(NC(=O)CN2CC(O)C(O)C2)cc1. The maximum atomic E-state index is 11.8. The molecule has 100 valence electrons. The van der Waals surface area contributed by atoms with Gasteiger partial charge in [0.05, 0.1) is 30.4 Å². The number of rotatable bonds is 3. The summed E-state index contributed by atoms with van der Waals surface area (Å²) < 4.78 is 0. The minimum absolute atomic E-state index is 0.119. The van der Waals surface area contributed by atoms with Crippen LogP contribution in [0.15, 0.2) is 24.3 Å². The molecule has 0 radical (unpaired) electrons. The molecule has 1 fully saturated rings. The molecule has 0 saturated carbocycles. The number of carbonyl (C=O) groups excluding carboxylic acids is 1. The van der Waals surface area contributed by atoms with Gasteiger partial charge in [-0.1, -0.05) is 0 Å². The maximum Gasteiger partial charge on any atom is 0.238 e. The van der Waals surface area contributed by atoms with E-state index in [0.717, 1.165) is 0 Å². The number of benzene rings is 1. The molecule has 1 aromatic carbocycles. The summed E-state index contributed by atoms with van der Waals surface area (Å²) in [4.78, 5) is 13.4. The van der Waals surface area contributed by atoms with Crippen molar-refractivity contribution in [2.24, 2.45) is 0 Å². The molecule has 2 rings (SSSR count). The Morgan fingerprint density at radius 2 is 1.89 bits per heavy atom.